The van der Waals surface area contributed by atoms with Crippen LogP contribution in [0.15, 0.2) is 48.5 Å². The number of nitrogens with one attached hydrogen (secondary N) is 3. The zero-order valence-corrected chi connectivity index (χ0v) is 16.6. The molecule has 0 aromatic heterocycles. The number of halogens is 1. The van der Waals surface area contributed by atoms with Crippen LogP contribution >= 0.6 is 11.6 Å². The van der Waals surface area contributed by atoms with Gasteiger partial charge in [0.05, 0.1) is 17.3 Å². The Balaban J connectivity index is 1.61. The number of nitrogens with zero attached hydrogens (tertiary/aromatic N) is 1. The van der Waals surface area contributed by atoms with Gasteiger partial charge in [0.15, 0.2) is 0 Å². The largest absolute Gasteiger partial charge is 0.359 e. The Bertz CT molecular complexity index is 957. The molecule has 3 N–H and O–H groups in total. The summed E-state index contributed by atoms with van der Waals surface area (Å²) in [6.45, 7) is 1.51. The van der Waals surface area contributed by atoms with Gasteiger partial charge < -0.3 is 20.9 Å². The molecule has 0 atom stereocenters. The summed E-state index contributed by atoms with van der Waals surface area (Å²) in [6.07, 6.45) is 3.07. The third-order valence-electron chi connectivity index (χ3n) is 4.42. The van der Waals surface area contributed by atoms with Crippen LogP contribution in [0.3, 0.4) is 0 Å². The van der Waals surface area contributed by atoms with Gasteiger partial charge in [-0.1, -0.05) is 23.7 Å². The van der Waals surface area contributed by atoms with Crippen LogP contribution in [-0.2, 0) is 9.59 Å². The zero-order chi connectivity index (χ0) is 20.8. The van der Waals surface area contributed by atoms with Gasteiger partial charge in [0.2, 0.25) is 11.8 Å². The minimum Gasteiger partial charge on any atom is -0.359 e. The molecule has 0 spiro atoms. The molecule has 8 heteroatoms. The molecule has 2 aromatic carbocycles. The van der Waals surface area contributed by atoms with Gasteiger partial charge in [-0.2, -0.15) is 0 Å². The van der Waals surface area contributed by atoms with Crippen molar-refractivity contribution in [2.45, 2.75) is 0 Å². The SMILES string of the molecule is CNC(=O)c1ccc(/C=C/C(=O)Nc2ccc(N3CCNC(=O)C3)c(Cl)c2)cc1. The van der Waals surface area contributed by atoms with Gasteiger partial charge in [-0.15, -0.1) is 0 Å². The number of benzene rings is 2. The quantitative estimate of drug-likeness (QED) is 0.657. The molecule has 1 heterocycles. The molecular weight excluding hydrogens is 392 g/mol. The highest BCUT2D eigenvalue weighted by Crippen LogP contribution is 2.29. The fraction of sp³-hybridized carbons (Fsp3) is 0.190. The van der Waals surface area contributed by atoms with E-state index in [4.69, 9.17) is 11.6 Å². The Kier molecular flexibility index (Phi) is 6.51. The number of rotatable bonds is 5. The Labute approximate surface area is 173 Å². The van der Waals surface area contributed by atoms with Crippen molar-refractivity contribution in [3.8, 4) is 0 Å². The van der Waals surface area contributed by atoms with E-state index in [1.807, 2.05) is 4.90 Å². The van der Waals surface area contributed by atoms with Crippen LogP contribution in [0.5, 0.6) is 0 Å². The van der Waals surface area contributed by atoms with Crippen molar-refractivity contribution in [2.24, 2.45) is 0 Å². The molecule has 1 saturated heterocycles. The first-order valence-corrected chi connectivity index (χ1v) is 9.46. The van der Waals surface area contributed by atoms with Crippen LogP contribution in [0.2, 0.25) is 5.02 Å². The second-order valence-electron chi connectivity index (χ2n) is 6.46. The fourth-order valence-electron chi connectivity index (χ4n) is 2.93. The molecule has 1 aliphatic rings. The van der Waals surface area contributed by atoms with Crippen LogP contribution in [-0.4, -0.2) is 44.4 Å². The van der Waals surface area contributed by atoms with Crippen molar-refractivity contribution in [3.63, 3.8) is 0 Å². The van der Waals surface area contributed by atoms with Gasteiger partial charge in [-0.25, -0.2) is 0 Å². The predicted octanol–water partition coefficient (Wildman–Crippen LogP) is 2.29. The van der Waals surface area contributed by atoms with Crippen LogP contribution in [0.1, 0.15) is 15.9 Å². The van der Waals surface area contributed by atoms with E-state index < -0.39 is 0 Å². The molecule has 0 aliphatic carbocycles. The lowest BCUT2D eigenvalue weighted by molar-refractivity contribution is -0.120. The van der Waals surface area contributed by atoms with E-state index in [1.165, 1.54) is 6.08 Å². The predicted molar refractivity (Wildman–Crippen MR) is 114 cm³/mol. The monoisotopic (exact) mass is 412 g/mol. The molecule has 1 aliphatic heterocycles. The van der Waals surface area contributed by atoms with E-state index in [0.29, 0.717) is 29.4 Å². The minimum atomic E-state index is -0.304. The van der Waals surface area contributed by atoms with E-state index in [-0.39, 0.29) is 24.3 Å². The minimum absolute atomic E-state index is 0.0433. The van der Waals surface area contributed by atoms with E-state index in [2.05, 4.69) is 16.0 Å². The maximum atomic E-state index is 12.2. The van der Waals surface area contributed by atoms with Gasteiger partial charge in [0.25, 0.3) is 5.91 Å². The Morgan fingerprint density at radius 2 is 1.93 bits per heavy atom. The molecule has 0 radical (unpaired) electrons. The first kappa shape index (κ1) is 20.4. The molecule has 0 saturated carbocycles. The number of hydrogen-bond donors (Lipinski definition) is 3. The Hall–Kier alpha value is -3.32. The summed E-state index contributed by atoms with van der Waals surface area (Å²) in [5.74, 6) is -0.511. The average molecular weight is 413 g/mol. The number of hydrogen-bond acceptors (Lipinski definition) is 4. The van der Waals surface area contributed by atoms with Crippen molar-refractivity contribution in [2.75, 3.05) is 36.9 Å². The van der Waals surface area contributed by atoms with Crippen molar-refractivity contribution < 1.29 is 14.4 Å². The van der Waals surface area contributed by atoms with Gasteiger partial charge in [0.1, 0.15) is 0 Å². The molecule has 2 aromatic rings. The van der Waals surface area contributed by atoms with Crippen LogP contribution in [0.4, 0.5) is 11.4 Å². The van der Waals surface area contributed by atoms with E-state index >= 15 is 0 Å². The summed E-state index contributed by atoms with van der Waals surface area (Å²) in [7, 11) is 1.57. The first-order chi connectivity index (χ1) is 14.0. The summed E-state index contributed by atoms with van der Waals surface area (Å²) in [5, 5.41) is 8.55. The number of carbonyl (C=O) groups excluding carboxylic acids is 3. The van der Waals surface area contributed by atoms with Crippen molar-refractivity contribution in [1.82, 2.24) is 10.6 Å². The highest BCUT2D eigenvalue weighted by Gasteiger charge is 2.18. The summed E-state index contributed by atoms with van der Waals surface area (Å²) in [5.41, 5.74) is 2.66. The van der Waals surface area contributed by atoms with Crippen LogP contribution < -0.4 is 20.9 Å². The highest BCUT2D eigenvalue weighted by atomic mass is 35.5. The van der Waals surface area contributed by atoms with Gasteiger partial charge in [0, 0.05) is 37.5 Å². The van der Waals surface area contributed by atoms with Gasteiger partial charge in [-0.05, 0) is 42.0 Å². The average Bonchev–Trinajstić information content (AvgIpc) is 2.72. The van der Waals surface area contributed by atoms with Gasteiger partial charge in [-0.3, -0.25) is 14.4 Å². The molecule has 7 nitrogen and oxygen atoms in total. The van der Waals surface area contributed by atoms with E-state index in [1.54, 1.807) is 55.6 Å². The van der Waals surface area contributed by atoms with Gasteiger partial charge >= 0.3 is 0 Å². The fourth-order valence-corrected chi connectivity index (χ4v) is 3.23. The second-order valence-corrected chi connectivity index (χ2v) is 6.87. The molecule has 0 bridgehead atoms. The summed E-state index contributed by atoms with van der Waals surface area (Å²) in [4.78, 5) is 37.2. The van der Waals surface area contributed by atoms with Crippen molar-refractivity contribution in [1.29, 1.82) is 0 Å². The maximum absolute atomic E-state index is 12.2. The number of amides is 3. The lowest BCUT2D eigenvalue weighted by Gasteiger charge is -2.29. The molecule has 29 heavy (non-hydrogen) atoms. The standard InChI is InChI=1S/C21H21ClN4O3/c1-23-21(29)15-5-2-14(3-6-15)4-9-19(27)25-16-7-8-18(17(22)12-16)26-11-10-24-20(28)13-26/h2-9,12H,10-11,13H2,1H3,(H,23,29)(H,24,28)(H,25,27)/b9-4+. The molecule has 150 valence electrons. The molecule has 1 fully saturated rings. The summed E-state index contributed by atoms with van der Waals surface area (Å²) >= 11 is 6.34. The number of carbonyl (C=O) groups is 3. The third kappa shape index (κ3) is 5.36. The van der Waals surface area contributed by atoms with Crippen LogP contribution in [0.25, 0.3) is 6.08 Å². The maximum Gasteiger partial charge on any atom is 0.251 e. The van der Waals surface area contributed by atoms with Crippen molar-refractivity contribution >= 4 is 46.8 Å². The summed E-state index contributed by atoms with van der Waals surface area (Å²) < 4.78 is 0. The van der Waals surface area contributed by atoms with Crippen molar-refractivity contribution in [3.05, 3.63) is 64.7 Å². The number of piperazine rings is 1. The molecule has 3 rings (SSSR count). The first-order valence-electron chi connectivity index (χ1n) is 9.08. The highest BCUT2D eigenvalue weighted by molar-refractivity contribution is 6.33. The third-order valence-corrected chi connectivity index (χ3v) is 4.72. The molecular formula is C21H21ClN4O3. The second kappa shape index (κ2) is 9.25. The van der Waals surface area contributed by atoms with E-state index in [9.17, 15) is 14.4 Å². The molecule has 3 amide bonds. The Morgan fingerprint density at radius 1 is 1.17 bits per heavy atom. The summed E-state index contributed by atoms with van der Waals surface area (Å²) in [6, 6.07) is 12.1. The Morgan fingerprint density at radius 3 is 2.59 bits per heavy atom. The lowest BCUT2D eigenvalue weighted by atomic mass is 10.1. The smallest absolute Gasteiger partial charge is 0.251 e. The normalized spacial score (nSPS) is 13.9. The number of anilines is 2. The molecule has 0 unspecified atom stereocenters. The van der Waals surface area contributed by atoms with Crippen LogP contribution in [0, 0.1) is 0 Å². The topological polar surface area (TPSA) is 90.5 Å². The lowest BCUT2D eigenvalue weighted by Crippen LogP contribution is -2.47. The van der Waals surface area contributed by atoms with E-state index in [0.717, 1.165) is 11.3 Å². The zero-order valence-electron chi connectivity index (χ0n) is 15.9.